The van der Waals surface area contributed by atoms with Gasteiger partial charge in [-0.05, 0) is 36.5 Å². The maximum Gasteiger partial charge on any atom is 0.127 e. The van der Waals surface area contributed by atoms with Crippen LogP contribution in [-0.2, 0) is 12.8 Å². The van der Waals surface area contributed by atoms with Gasteiger partial charge < -0.3 is 4.74 Å². The van der Waals surface area contributed by atoms with Gasteiger partial charge in [-0.25, -0.2) is 0 Å². The van der Waals surface area contributed by atoms with Gasteiger partial charge in [0.25, 0.3) is 0 Å². The maximum absolute atomic E-state index is 6.26. The molecule has 1 atom stereocenters. The van der Waals surface area contributed by atoms with E-state index >= 15 is 0 Å². The lowest BCUT2D eigenvalue weighted by Crippen LogP contribution is -2.30. The van der Waals surface area contributed by atoms with Crippen molar-refractivity contribution in [3.63, 3.8) is 0 Å². The van der Waals surface area contributed by atoms with Crippen LogP contribution < -0.4 is 16.0 Å². The Bertz CT molecular complexity index is 630. The van der Waals surface area contributed by atoms with Crippen LogP contribution in [-0.4, -0.2) is 6.61 Å². The number of aryl methyl sites for hydroxylation is 1. The van der Waals surface area contributed by atoms with Gasteiger partial charge in [-0.2, -0.15) is 0 Å². The Morgan fingerprint density at radius 2 is 2.05 bits per heavy atom. The third-order valence-corrected chi connectivity index (χ3v) is 4.29. The summed E-state index contributed by atoms with van der Waals surface area (Å²) < 4.78 is 5.88. The topological polar surface area (TPSA) is 47.3 Å². The number of fused-ring (bicyclic) bond motifs is 1. The smallest absolute Gasteiger partial charge is 0.127 e. The zero-order valence-corrected chi connectivity index (χ0v) is 12.6. The van der Waals surface area contributed by atoms with Gasteiger partial charge in [-0.1, -0.05) is 48.0 Å². The predicted octanol–water partition coefficient (Wildman–Crippen LogP) is 3.41. The lowest BCUT2D eigenvalue weighted by molar-refractivity contribution is 0.281. The summed E-state index contributed by atoms with van der Waals surface area (Å²) in [5.41, 5.74) is 6.35. The fourth-order valence-corrected chi connectivity index (χ4v) is 3.04. The highest BCUT2D eigenvalue weighted by Crippen LogP contribution is 2.34. The molecule has 1 aliphatic rings. The number of halogens is 1. The average molecular weight is 303 g/mol. The number of hydrogen-bond acceptors (Lipinski definition) is 3. The molecule has 0 saturated heterocycles. The second-order valence-corrected chi connectivity index (χ2v) is 5.71. The summed E-state index contributed by atoms with van der Waals surface area (Å²) in [4.78, 5) is 0. The number of hydrazine groups is 1. The van der Waals surface area contributed by atoms with Crippen molar-refractivity contribution in [3.05, 3.63) is 64.2 Å². The largest absolute Gasteiger partial charge is 0.493 e. The van der Waals surface area contributed by atoms with Crippen LogP contribution in [0.1, 0.15) is 29.2 Å². The van der Waals surface area contributed by atoms with E-state index in [-0.39, 0.29) is 6.04 Å². The molecule has 2 aromatic rings. The summed E-state index contributed by atoms with van der Waals surface area (Å²) in [5, 5.41) is 0.767. The number of nitrogens with one attached hydrogen (secondary N) is 1. The van der Waals surface area contributed by atoms with E-state index in [4.69, 9.17) is 22.2 Å². The summed E-state index contributed by atoms with van der Waals surface area (Å²) in [6, 6.07) is 14.1. The second-order valence-electron chi connectivity index (χ2n) is 5.30. The molecular weight excluding hydrogens is 284 g/mol. The first-order valence-corrected chi connectivity index (χ1v) is 7.61. The molecule has 110 valence electrons. The summed E-state index contributed by atoms with van der Waals surface area (Å²) in [6.07, 6.45) is 2.87. The molecule has 21 heavy (non-hydrogen) atoms. The third kappa shape index (κ3) is 3.05. The minimum absolute atomic E-state index is 0.0158. The lowest BCUT2D eigenvalue weighted by atomic mass is 9.94. The van der Waals surface area contributed by atoms with Crippen LogP contribution in [0.2, 0.25) is 5.02 Å². The van der Waals surface area contributed by atoms with Gasteiger partial charge in [-0.15, -0.1) is 0 Å². The van der Waals surface area contributed by atoms with Crippen LogP contribution >= 0.6 is 11.6 Å². The van der Waals surface area contributed by atoms with E-state index in [0.717, 1.165) is 47.8 Å². The molecule has 4 heteroatoms. The van der Waals surface area contributed by atoms with Crippen molar-refractivity contribution in [1.82, 2.24) is 5.43 Å². The van der Waals surface area contributed by atoms with Crippen molar-refractivity contribution < 1.29 is 4.74 Å². The molecule has 1 aliphatic heterocycles. The van der Waals surface area contributed by atoms with Crippen LogP contribution in [0.25, 0.3) is 0 Å². The predicted molar refractivity (Wildman–Crippen MR) is 85.5 cm³/mol. The molecule has 0 saturated carbocycles. The maximum atomic E-state index is 6.26. The first-order chi connectivity index (χ1) is 10.3. The third-order valence-electron chi connectivity index (χ3n) is 3.92. The molecule has 3 rings (SSSR count). The fourth-order valence-electron chi connectivity index (χ4n) is 2.83. The molecule has 0 aliphatic carbocycles. The van der Waals surface area contributed by atoms with E-state index in [9.17, 15) is 0 Å². The van der Waals surface area contributed by atoms with Crippen molar-refractivity contribution in [1.29, 1.82) is 0 Å². The number of para-hydroxylation sites is 1. The minimum Gasteiger partial charge on any atom is -0.493 e. The van der Waals surface area contributed by atoms with Gasteiger partial charge >= 0.3 is 0 Å². The normalized spacial score (nSPS) is 15.1. The van der Waals surface area contributed by atoms with Crippen molar-refractivity contribution >= 4 is 11.6 Å². The summed E-state index contributed by atoms with van der Waals surface area (Å²) in [7, 11) is 0. The molecule has 1 heterocycles. The van der Waals surface area contributed by atoms with Crippen molar-refractivity contribution in [2.75, 3.05) is 6.61 Å². The minimum atomic E-state index is -0.0158. The number of hydrogen-bond donors (Lipinski definition) is 2. The highest BCUT2D eigenvalue weighted by Gasteiger charge is 2.21. The molecule has 2 aromatic carbocycles. The quantitative estimate of drug-likeness (QED) is 0.672. The van der Waals surface area contributed by atoms with Gasteiger partial charge in [-0.3, -0.25) is 11.3 Å². The molecule has 0 radical (unpaired) electrons. The Morgan fingerprint density at radius 1 is 1.19 bits per heavy atom. The summed E-state index contributed by atoms with van der Waals surface area (Å²) in [5.74, 6) is 6.77. The van der Waals surface area contributed by atoms with E-state index in [1.165, 1.54) is 5.56 Å². The SMILES string of the molecule is NNC(Cc1ccccc1Cl)c1cccc2c1OCCC2. The number of benzene rings is 2. The monoisotopic (exact) mass is 302 g/mol. The highest BCUT2D eigenvalue weighted by atomic mass is 35.5. The second kappa shape index (κ2) is 6.48. The van der Waals surface area contributed by atoms with Crippen LogP contribution in [0, 0.1) is 0 Å². The standard InChI is InChI=1S/C17H19ClN2O/c18-15-9-2-1-5-13(15)11-16(20-19)14-8-3-6-12-7-4-10-21-17(12)14/h1-3,5-6,8-9,16,20H,4,7,10-11,19H2. The fraction of sp³-hybridized carbons (Fsp3) is 0.294. The zero-order valence-electron chi connectivity index (χ0n) is 11.8. The van der Waals surface area contributed by atoms with Crippen LogP contribution in [0.4, 0.5) is 0 Å². The molecule has 0 bridgehead atoms. The first kappa shape index (κ1) is 14.4. The Kier molecular flexibility index (Phi) is 4.44. The van der Waals surface area contributed by atoms with Crippen molar-refractivity contribution in [2.24, 2.45) is 5.84 Å². The van der Waals surface area contributed by atoms with Gasteiger partial charge in [0.05, 0.1) is 12.6 Å². The summed E-state index contributed by atoms with van der Waals surface area (Å²) in [6.45, 7) is 0.771. The Morgan fingerprint density at radius 3 is 2.86 bits per heavy atom. The molecule has 0 amide bonds. The molecule has 0 aromatic heterocycles. The number of rotatable bonds is 4. The zero-order chi connectivity index (χ0) is 14.7. The first-order valence-electron chi connectivity index (χ1n) is 7.23. The van der Waals surface area contributed by atoms with Crippen LogP contribution in [0.5, 0.6) is 5.75 Å². The van der Waals surface area contributed by atoms with E-state index in [1.807, 2.05) is 24.3 Å². The molecule has 1 unspecified atom stereocenters. The Labute approximate surface area is 130 Å². The van der Waals surface area contributed by atoms with Gasteiger partial charge in [0.15, 0.2) is 0 Å². The molecule has 0 fully saturated rings. The Balaban J connectivity index is 1.92. The van der Waals surface area contributed by atoms with Crippen molar-refractivity contribution in [3.8, 4) is 5.75 Å². The Hall–Kier alpha value is -1.55. The number of nitrogens with two attached hydrogens (primary N) is 1. The van der Waals surface area contributed by atoms with E-state index < -0.39 is 0 Å². The van der Waals surface area contributed by atoms with E-state index in [2.05, 4.69) is 23.6 Å². The molecular formula is C17H19ClN2O. The number of ether oxygens (including phenoxy) is 1. The molecule has 3 N–H and O–H groups in total. The van der Waals surface area contributed by atoms with Gasteiger partial charge in [0.2, 0.25) is 0 Å². The van der Waals surface area contributed by atoms with E-state index in [1.54, 1.807) is 0 Å². The summed E-state index contributed by atoms with van der Waals surface area (Å²) >= 11 is 6.26. The lowest BCUT2D eigenvalue weighted by Gasteiger charge is -2.25. The highest BCUT2D eigenvalue weighted by molar-refractivity contribution is 6.31. The van der Waals surface area contributed by atoms with Crippen LogP contribution in [0.3, 0.4) is 0 Å². The van der Waals surface area contributed by atoms with E-state index in [0.29, 0.717) is 0 Å². The van der Waals surface area contributed by atoms with Gasteiger partial charge in [0, 0.05) is 10.6 Å². The van der Waals surface area contributed by atoms with Crippen LogP contribution in [0.15, 0.2) is 42.5 Å². The average Bonchev–Trinajstić information content (AvgIpc) is 2.54. The molecule has 3 nitrogen and oxygen atoms in total. The van der Waals surface area contributed by atoms with Gasteiger partial charge in [0.1, 0.15) is 5.75 Å². The molecule has 0 spiro atoms. The van der Waals surface area contributed by atoms with Crippen molar-refractivity contribution in [2.45, 2.75) is 25.3 Å².